The number of amides is 1. The number of aromatic nitrogens is 1. The first-order valence-corrected chi connectivity index (χ1v) is 9.54. The van der Waals surface area contributed by atoms with Crippen LogP contribution < -0.4 is 15.2 Å². The molecular formula is C23H26N2O3. The van der Waals surface area contributed by atoms with Gasteiger partial charge < -0.3 is 14.2 Å². The van der Waals surface area contributed by atoms with Crippen LogP contribution in [0.3, 0.4) is 0 Å². The minimum absolute atomic E-state index is 0.137. The molecule has 1 amide bonds. The molecule has 0 bridgehead atoms. The molecule has 0 radical (unpaired) electrons. The fourth-order valence-electron chi connectivity index (χ4n) is 3.21. The van der Waals surface area contributed by atoms with Gasteiger partial charge in [-0.15, -0.1) is 0 Å². The number of para-hydroxylation sites is 1. The van der Waals surface area contributed by atoms with E-state index in [0.717, 1.165) is 16.6 Å². The Hall–Kier alpha value is -3.08. The van der Waals surface area contributed by atoms with Crippen LogP contribution in [0.4, 0.5) is 5.69 Å². The lowest BCUT2D eigenvalue weighted by Gasteiger charge is -2.19. The van der Waals surface area contributed by atoms with Crippen LogP contribution in [0.2, 0.25) is 0 Å². The first-order valence-electron chi connectivity index (χ1n) is 9.54. The molecule has 0 spiro atoms. The Kier molecular flexibility index (Phi) is 5.83. The third-order valence-corrected chi connectivity index (χ3v) is 4.97. The normalized spacial score (nSPS) is 11.0. The number of hydrogen-bond donors (Lipinski definition) is 0. The SMILES string of the molecule is CCn1c(=O)cc(OCC(=O)N(C)c2ccc(C(C)C)cc2)c2ccccc21. The van der Waals surface area contributed by atoms with Crippen LogP contribution in [0.5, 0.6) is 5.75 Å². The highest BCUT2D eigenvalue weighted by Crippen LogP contribution is 2.24. The van der Waals surface area contributed by atoms with Gasteiger partial charge in [0.15, 0.2) is 6.61 Å². The Morgan fingerprint density at radius 1 is 1.11 bits per heavy atom. The van der Waals surface area contributed by atoms with Crippen LogP contribution in [-0.2, 0) is 11.3 Å². The van der Waals surface area contributed by atoms with E-state index in [2.05, 4.69) is 13.8 Å². The summed E-state index contributed by atoms with van der Waals surface area (Å²) in [5.74, 6) is 0.695. The molecule has 3 aromatic rings. The van der Waals surface area contributed by atoms with Gasteiger partial charge in [-0.1, -0.05) is 38.1 Å². The van der Waals surface area contributed by atoms with E-state index in [1.54, 1.807) is 16.5 Å². The summed E-state index contributed by atoms with van der Waals surface area (Å²) in [6.45, 7) is 6.63. The molecule has 5 heteroatoms. The van der Waals surface area contributed by atoms with Gasteiger partial charge in [0.2, 0.25) is 0 Å². The quantitative estimate of drug-likeness (QED) is 0.646. The van der Waals surface area contributed by atoms with Gasteiger partial charge in [0.25, 0.3) is 11.5 Å². The molecule has 2 aromatic carbocycles. The fourth-order valence-corrected chi connectivity index (χ4v) is 3.21. The average molecular weight is 378 g/mol. The Bertz CT molecular complexity index is 1040. The number of hydrogen-bond acceptors (Lipinski definition) is 3. The van der Waals surface area contributed by atoms with Gasteiger partial charge in [0, 0.05) is 30.7 Å². The average Bonchev–Trinajstić information content (AvgIpc) is 2.71. The topological polar surface area (TPSA) is 51.5 Å². The molecule has 0 unspecified atom stereocenters. The van der Waals surface area contributed by atoms with Crippen molar-refractivity contribution in [1.29, 1.82) is 0 Å². The third kappa shape index (κ3) is 3.93. The van der Waals surface area contributed by atoms with E-state index in [1.807, 2.05) is 55.5 Å². The molecule has 146 valence electrons. The second-order valence-electron chi connectivity index (χ2n) is 7.10. The standard InChI is InChI=1S/C23H26N2O3/c1-5-25-20-9-7-6-8-19(20)21(14-22(25)26)28-15-23(27)24(4)18-12-10-17(11-13-18)16(2)3/h6-14,16H,5,15H2,1-4H3. The number of fused-ring (bicyclic) bond motifs is 1. The van der Waals surface area contributed by atoms with Crippen molar-refractivity contribution in [2.75, 3.05) is 18.6 Å². The number of carbonyl (C=O) groups excluding carboxylic acids is 1. The number of aryl methyl sites for hydroxylation is 1. The lowest BCUT2D eigenvalue weighted by molar-refractivity contribution is -0.120. The highest BCUT2D eigenvalue weighted by atomic mass is 16.5. The van der Waals surface area contributed by atoms with Gasteiger partial charge in [0.1, 0.15) is 5.75 Å². The van der Waals surface area contributed by atoms with E-state index in [0.29, 0.717) is 18.2 Å². The molecule has 0 aliphatic carbocycles. The smallest absolute Gasteiger partial charge is 0.264 e. The molecule has 0 atom stereocenters. The largest absolute Gasteiger partial charge is 0.483 e. The van der Waals surface area contributed by atoms with Crippen molar-refractivity contribution in [3.8, 4) is 5.75 Å². The van der Waals surface area contributed by atoms with Gasteiger partial charge in [0.05, 0.1) is 5.52 Å². The highest BCUT2D eigenvalue weighted by Gasteiger charge is 2.14. The van der Waals surface area contributed by atoms with Crippen LogP contribution in [0, 0.1) is 0 Å². The molecule has 0 saturated heterocycles. The summed E-state index contributed by atoms with van der Waals surface area (Å²) in [5.41, 5.74) is 2.70. The Morgan fingerprint density at radius 2 is 1.79 bits per heavy atom. The highest BCUT2D eigenvalue weighted by molar-refractivity contribution is 5.94. The summed E-state index contributed by atoms with van der Waals surface area (Å²) in [4.78, 5) is 26.5. The summed E-state index contributed by atoms with van der Waals surface area (Å²) in [6.07, 6.45) is 0. The van der Waals surface area contributed by atoms with E-state index in [-0.39, 0.29) is 18.1 Å². The minimum atomic E-state index is -0.180. The lowest BCUT2D eigenvalue weighted by atomic mass is 10.0. The van der Waals surface area contributed by atoms with Crippen molar-refractivity contribution in [3.63, 3.8) is 0 Å². The Labute approximate surface area is 165 Å². The Morgan fingerprint density at radius 3 is 2.43 bits per heavy atom. The number of anilines is 1. The van der Waals surface area contributed by atoms with E-state index in [1.165, 1.54) is 11.6 Å². The maximum atomic E-state index is 12.6. The second kappa shape index (κ2) is 8.30. The molecule has 5 nitrogen and oxygen atoms in total. The van der Waals surface area contributed by atoms with Gasteiger partial charge in [-0.3, -0.25) is 9.59 Å². The van der Waals surface area contributed by atoms with Crippen LogP contribution in [0.15, 0.2) is 59.4 Å². The van der Waals surface area contributed by atoms with Crippen molar-refractivity contribution >= 4 is 22.5 Å². The van der Waals surface area contributed by atoms with Crippen LogP contribution in [-0.4, -0.2) is 24.1 Å². The van der Waals surface area contributed by atoms with Crippen LogP contribution >= 0.6 is 0 Å². The maximum absolute atomic E-state index is 12.6. The third-order valence-electron chi connectivity index (χ3n) is 4.97. The molecule has 0 aliphatic heterocycles. The molecule has 0 saturated carbocycles. The van der Waals surface area contributed by atoms with Crippen molar-refractivity contribution in [1.82, 2.24) is 4.57 Å². The predicted octanol–water partition coefficient (Wildman–Crippen LogP) is 4.19. The zero-order valence-electron chi connectivity index (χ0n) is 16.8. The second-order valence-corrected chi connectivity index (χ2v) is 7.10. The first kappa shape index (κ1) is 19.7. The zero-order chi connectivity index (χ0) is 20.3. The number of rotatable bonds is 6. The van der Waals surface area contributed by atoms with Gasteiger partial charge in [-0.25, -0.2) is 0 Å². The maximum Gasteiger partial charge on any atom is 0.264 e. The van der Waals surface area contributed by atoms with Gasteiger partial charge >= 0.3 is 0 Å². The lowest BCUT2D eigenvalue weighted by Crippen LogP contribution is -2.31. The number of benzene rings is 2. The fraction of sp³-hybridized carbons (Fsp3) is 0.304. The summed E-state index contributed by atoms with van der Waals surface area (Å²) >= 11 is 0. The zero-order valence-corrected chi connectivity index (χ0v) is 16.8. The monoisotopic (exact) mass is 378 g/mol. The van der Waals surface area contributed by atoms with Crippen molar-refractivity contribution in [3.05, 3.63) is 70.5 Å². The number of pyridine rings is 1. The van der Waals surface area contributed by atoms with Crippen LogP contribution in [0.1, 0.15) is 32.3 Å². The number of ether oxygens (including phenoxy) is 1. The molecular weight excluding hydrogens is 352 g/mol. The van der Waals surface area contributed by atoms with Crippen molar-refractivity contribution in [2.45, 2.75) is 33.2 Å². The summed E-state index contributed by atoms with van der Waals surface area (Å²) in [7, 11) is 1.73. The number of carbonyl (C=O) groups is 1. The molecule has 28 heavy (non-hydrogen) atoms. The summed E-state index contributed by atoms with van der Waals surface area (Å²) < 4.78 is 7.45. The molecule has 1 aromatic heterocycles. The van der Waals surface area contributed by atoms with E-state index < -0.39 is 0 Å². The van der Waals surface area contributed by atoms with Crippen LogP contribution in [0.25, 0.3) is 10.9 Å². The first-order chi connectivity index (χ1) is 13.4. The van der Waals surface area contributed by atoms with Crippen molar-refractivity contribution in [2.24, 2.45) is 0 Å². The van der Waals surface area contributed by atoms with Crippen molar-refractivity contribution < 1.29 is 9.53 Å². The van der Waals surface area contributed by atoms with E-state index in [4.69, 9.17) is 4.74 Å². The molecule has 0 N–H and O–H groups in total. The predicted molar refractivity (Wildman–Crippen MR) is 113 cm³/mol. The van der Waals surface area contributed by atoms with Gasteiger partial charge in [-0.2, -0.15) is 0 Å². The van der Waals surface area contributed by atoms with Gasteiger partial charge in [-0.05, 0) is 42.7 Å². The molecule has 3 rings (SSSR count). The number of likely N-dealkylation sites (N-methyl/N-ethyl adjacent to an activating group) is 1. The summed E-state index contributed by atoms with van der Waals surface area (Å²) in [6, 6.07) is 16.9. The number of nitrogens with zero attached hydrogens (tertiary/aromatic N) is 2. The Balaban J connectivity index is 1.78. The van der Waals surface area contributed by atoms with E-state index >= 15 is 0 Å². The van der Waals surface area contributed by atoms with E-state index in [9.17, 15) is 9.59 Å². The molecule has 0 fully saturated rings. The minimum Gasteiger partial charge on any atom is -0.483 e. The molecule has 0 aliphatic rings. The molecule has 1 heterocycles. The summed E-state index contributed by atoms with van der Waals surface area (Å²) in [5, 5.41) is 0.820.